The number of imidazole rings is 1. The number of hydrogen-bond acceptors (Lipinski definition) is 3. The molecule has 0 saturated carbocycles. The highest BCUT2D eigenvalue weighted by molar-refractivity contribution is 6.02. The number of benzene rings is 1. The van der Waals surface area contributed by atoms with Gasteiger partial charge in [0.05, 0.1) is 6.33 Å². The molecule has 0 aliphatic carbocycles. The third-order valence-electron chi connectivity index (χ3n) is 3.12. The molecule has 1 unspecified atom stereocenters. The molecule has 20 heavy (non-hydrogen) atoms. The summed E-state index contributed by atoms with van der Waals surface area (Å²) in [5, 5.41) is 6.19. The Kier molecular flexibility index (Phi) is 4.53. The van der Waals surface area contributed by atoms with Gasteiger partial charge in [0.15, 0.2) is 0 Å². The van der Waals surface area contributed by atoms with Crippen molar-refractivity contribution in [2.45, 2.75) is 19.9 Å². The number of nitrogens with one attached hydrogen (secondary N) is 2. The summed E-state index contributed by atoms with van der Waals surface area (Å²) in [5.74, 6) is -0.196. The van der Waals surface area contributed by atoms with E-state index in [1.807, 2.05) is 31.3 Å². The third-order valence-corrected chi connectivity index (χ3v) is 3.12. The minimum Gasteiger partial charge on any atom is -0.340 e. The first-order valence-corrected chi connectivity index (χ1v) is 6.72. The van der Waals surface area contributed by atoms with Gasteiger partial charge in [-0.2, -0.15) is 0 Å². The molecular formula is C15H20N4O. The van der Waals surface area contributed by atoms with Gasteiger partial charge in [-0.05, 0) is 31.2 Å². The maximum Gasteiger partial charge on any atom is 0.275 e. The van der Waals surface area contributed by atoms with Gasteiger partial charge in [0.1, 0.15) is 5.69 Å². The van der Waals surface area contributed by atoms with Crippen molar-refractivity contribution in [3.05, 3.63) is 48.0 Å². The molecule has 1 atom stereocenters. The lowest BCUT2D eigenvalue weighted by atomic mass is 10.1. The van der Waals surface area contributed by atoms with Gasteiger partial charge in [-0.25, -0.2) is 4.98 Å². The average Bonchev–Trinajstić information content (AvgIpc) is 2.86. The molecule has 1 heterocycles. The molecule has 2 aromatic rings. The number of anilines is 1. The Labute approximate surface area is 119 Å². The zero-order chi connectivity index (χ0) is 14.5. The van der Waals surface area contributed by atoms with E-state index in [9.17, 15) is 4.79 Å². The van der Waals surface area contributed by atoms with E-state index in [4.69, 9.17) is 0 Å². The topological polar surface area (TPSA) is 58.9 Å². The molecular weight excluding hydrogens is 252 g/mol. The van der Waals surface area contributed by atoms with Gasteiger partial charge >= 0.3 is 0 Å². The lowest BCUT2D eigenvalue weighted by molar-refractivity contribution is 0.102. The van der Waals surface area contributed by atoms with Crippen LogP contribution in [0.3, 0.4) is 0 Å². The van der Waals surface area contributed by atoms with E-state index in [-0.39, 0.29) is 5.91 Å². The number of aryl methyl sites for hydroxylation is 1. The van der Waals surface area contributed by atoms with Crippen molar-refractivity contribution < 1.29 is 4.79 Å². The van der Waals surface area contributed by atoms with E-state index < -0.39 is 0 Å². The minimum absolute atomic E-state index is 0.196. The highest BCUT2D eigenvalue weighted by atomic mass is 16.1. The molecule has 5 heteroatoms. The van der Waals surface area contributed by atoms with Gasteiger partial charge < -0.3 is 15.2 Å². The van der Waals surface area contributed by atoms with Crippen LogP contribution in [-0.2, 0) is 7.05 Å². The maximum atomic E-state index is 11.9. The van der Waals surface area contributed by atoms with Crippen LogP contribution in [0.5, 0.6) is 0 Å². The van der Waals surface area contributed by atoms with E-state index >= 15 is 0 Å². The number of nitrogens with zero attached hydrogens (tertiary/aromatic N) is 2. The fourth-order valence-corrected chi connectivity index (χ4v) is 2.00. The van der Waals surface area contributed by atoms with Gasteiger partial charge in [-0.15, -0.1) is 0 Å². The average molecular weight is 272 g/mol. The molecule has 0 bridgehead atoms. The smallest absolute Gasteiger partial charge is 0.275 e. The fourth-order valence-electron chi connectivity index (χ4n) is 2.00. The zero-order valence-electron chi connectivity index (χ0n) is 12.1. The lowest BCUT2D eigenvalue weighted by Crippen LogP contribution is -2.17. The van der Waals surface area contributed by atoms with Crippen LogP contribution in [0.1, 0.15) is 35.9 Å². The summed E-state index contributed by atoms with van der Waals surface area (Å²) in [6, 6.07) is 8.15. The predicted molar refractivity (Wildman–Crippen MR) is 79.7 cm³/mol. The monoisotopic (exact) mass is 272 g/mol. The van der Waals surface area contributed by atoms with E-state index in [0.717, 1.165) is 12.2 Å². The van der Waals surface area contributed by atoms with Crippen molar-refractivity contribution in [2.24, 2.45) is 7.05 Å². The van der Waals surface area contributed by atoms with Gasteiger partial charge in [0.2, 0.25) is 0 Å². The van der Waals surface area contributed by atoms with Crippen molar-refractivity contribution in [2.75, 3.05) is 11.9 Å². The first-order valence-electron chi connectivity index (χ1n) is 6.72. The Hall–Kier alpha value is -2.14. The van der Waals surface area contributed by atoms with Crippen LogP contribution in [0.4, 0.5) is 5.69 Å². The van der Waals surface area contributed by atoms with E-state index in [0.29, 0.717) is 11.7 Å². The molecule has 1 aromatic carbocycles. The standard InChI is InChI=1S/C15H20N4O/c1-4-16-11(2)12-5-7-13(8-6-12)18-15(20)14-9-19(3)10-17-14/h5-11,16H,4H2,1-3H3,(H,18,20). The van der Waals surface area contributed by atoms with Crippen LogP contribution < -0.4 is 10.6 Å². The fraction of sp³-hybridized carbons (Fsp3) is 0.333. The van der Waals surface area contributed by atoms with Gasteiger partial charge in [-0.3, -0.25) is 4.79 Å². The predicted octanol–water partition coefficient (Wildman–Crippen LogP) is 2.34. The summed E-state index contributed by atoms with van der Waals surface area (Å²) in [6.45, 7) is 5.13. The van der Waals surface area contributed by atoms with Crippen molar-refractivity contribution in [1.82, 2.24) is 14.9 Å². The van der Waals surface area contributed by atoms with E-state index in [2.05, 4.69) is 29.5 Å². The Balaban J connectivity index is 2.02. The van der Waals surface area contributed by atoms with Crippen molar-refractivity contribution in [1.29, 1.82) is 0 Å². The van der Waals surface area contributed by atoms with E-state index in [1.165, 1.54) is 5.56 Å². The Bertz CT molecular complexity index is 574. The van der Waals surface area contributed by atoms with E-state index in [1.54, 1.807) is 17.1 Å². The van der Waals surface area contributed by atoms with Crippen molar-refractivity contribution in [3.8, 4) is 0 Å². The molecule has 0 spiro atoms. The second kappa shape index (κ2) is 6.34. The van der Waals surface area contributed by atoms with Crippen LogP contribution in [0.25, 0.3) is 0 Å². The molecule has 106 valence electrons. The number of hydrogen-bond donors (Lipinski definition) is 2. The summed E-state index contributed by atoms with van der Waals surface area (Å²) in [6.07, 6.45) is 3.30. The van der Waals surface area contributed by atoms with Crippen molar-refractivity contribution >= 4 is 11.6 Å². The van der Waals surface area contributed by atoms with Crippen LogP contribution in [-0.4, -0.2) is 22.0 Å². The summed E-state index contributed by atoms with van der Waals surface area (Å²) >= 11 is 0. The zero-order valence-corrected chi connectivity index (χ0v) is 12.1. The Morgan fingerprint density at radius 1 is 1.35 bits per heavy atom. The molecule has 0 fully saturated rings. The number of aromatic nitrogens is 2. The van der Waals surface area contributed by atoms with Crippen LogP contribution >= 0.6 is 0 Å². The first kappa shape index (κ1) is 14.3. The summed E-state index contributed by atoms with van der Waals surface area (Å²) < 4.78 is 1.75. The molecule has 0 radical (unpaired) electrons. The number of amides is 1. The van der Waals surface area contributed by atoms with Gasteiger partial charge in [0, 0.05) is 25.0 Å². The second-order valence-electron chi connectivity index (χ2n) is 4.78. The molecule has 2 rings (SSSR count). The quantitative estimate of drug-likeness (QED) is 0.878. The lowest BCUT2D eigenvalue weighted by Gasteiger charge is -2.13. The van der Waals surface area contributed by atoms with Gasteiger partial charge in [-0.1, -0.05) is 19.1 Å². The number of carbonyl (C=O) groups is 1. The summed E-state index contributed by atoms with van der Waals surface area (Å²) in [5.41, 5.74) is 2.38. The normalized spacial score (nSPS) is 12.2. The first-order chi connectivity index (χ1) is 9.60. The molecule has 5 nitrogen and oxygen atoms in total. The van der Waals surface area contributed by atoms with Crippen LogP contribution in [0, 0.1) is 0 Å². The summed E-state index contributed by atoms with van der Waals surface area (Å²) in [7, 11) is 1.83. The van der Waals surface area contributed by atoms with Gasteiger partial charge in [0.25, 0.3) is 5.91 Å². The molecule has 2 N–H and O–H groups in total. The molecule has 0 aliphatic heterocycles. The number of rotatable bonds is 5. The SMILES string of the molecule is CCNC(C)c1ccc(NC(=O)c2cn(C)cn2)cc1. The highest BCUT2D eigenvalue weighted by Crippen LogP contribution is 2.16. The Morgan fingerprint density at radius 2 is 2.05 bits per heavy atom. The largest absolute Gasteiger partial charge is 0.340 e. The Morgan fingerprint density at radius 3 is 2.60 bits per heavy atom. The minimum atomic E-state index is -0.196. The molecule has 0 aliphatic rings. The molecule has 1 aromatic heterocycles. The van der Waals surface area contributed by atoms with Crippen molar-refractivity contribution in [3.63, 3.8) is 0 Å². The molecule has 0 saturated heterocycles. The molecule has 1 amide bonds. The summed E-state index contributed by atoms with van der Waals surface area (Å²) in [4.78, 5) is 16.0. The second-order valence-corrected chi connectivity index (χ2v) is 4.78. The van der Waals surface area contributed by atoms with Crippen LogP contribution in [0.2, 0.25) is 0 Å². The number of carbonyl (C=O) groups excluding carboxylic acids is 1. The third kappa shape index (κ3) is 3.45. The van der Waals surface area contributed by atoms with Crippen LogP contribution in [0.15, 0.2) is 36.8 Å². The highest BCUT2D eigenvalue weighted by Gasteiger charge is 2.09. The maximum absolute atomic E-state index is 11.9.